The zero-order chi connectivity index (χ0) is 14.9. The van der Waals surface area contributed by atoms with Gasteiger partial charge in [0.25, 0.3) is 5.91 Å². The highest BCUT2D eigenvalue weighted by molar-refractivity contribution is 9.10. The van der Waals surface area contributed by atoms with Crippen molar-refractivity contribution in [1.29, 1.82) is 5.26 Å². The molecule has 1 unspecified atom stereocenters. The van der Waals surface area contributed by atoms with Gasteiger partial charge < -0.3 is 4.90 Å². The number of carbonyl (C=O) groups excluding carboxylic acids is 1. The molecule has 1 aliphatic rings. The summed E-state index contributed by atoms with van der Waals surface area (Å²) in [4.78, 5) is 13.5. The Balaban J connectivity index is 2.34. The van der Waals surface area contributed by atoms with Crippen LogP contribution in [-0.4, -0.2) is 23.4 Å². The molecular weight excluding hydrogens is 337 g/mol. The summed E-state index contributed by atoms with van der Waals surface area (Å²) in [7, 11) is 0. The first kappa shape index (κ1) is 14.9. The Labute approximate surface area is 122 Å². The fraction of sp³-hybridized carbons (Fsp3) is 0.385. The molecule has 1 aromatic carbocycles. The van der Waals surface area contributed by atoms with Crippen LogP contribution in [0, 0.1) is 11.3 Å². The molecule has 0 saturated carbocycles. The van der Waals surface area contributed by atoms with E-state index in [-0.39, 0.29) is 10.0 Å². The molecule has 3 nitrogen and oxygen atoms in total. The summed E-state index contributed by atoms with van der Waals surface area (Å²) in [5.74, 6) is -0.535. The number of nitriles is 1. The van der Waals surface area contributed by atoms with Gasteiger partial charge in [-0.25, -0.2) is 0 Å². The summed E-state index contributed by atoms with van der Waals surface area (Å²) in [5.41, 5.74) is -0.946. The highest BCUT2D eigenvalue weighted by Crippen LogP contribution is 2.35. The molecule has 0 aromatic heterocycles. The Bertz CT molecular complexity index is 580. The predicted molar refractivity (Wildman–Crippen MR) is 68.8 cm³/mol. The molecule has 1 saturated heterocycles. The Morgan fingerprint density at radius 2 is 2.15 bits per heavy atom. The van der Waals surface area contributed by atoms with Crippen molar-refractivity contribution in [3.63, 3.8) is 0 Å². The molecule has 1 fully saturated rings. The maximum Gasteiger partial charge on any atom is 0.417 e. The first-order chi connectivity index (χ1) is 9.34. The van der Waals surface area contributed by atoms with Gasteiger partial charge in [0, 0.05) is 16.6 Å². The predicted octanol–water partition coefficient (Wildman–Crippen LogP) is 3.60. The largest absolute Gasteiger partial charge is 0.417 e. The van der Waals surface area contributed by atoms with E-state index >= 15 is 0 Å². The third-order valence-electron chi connectivity index (χ3n) is 3.18. The number of hydrogen-bond donors (Lipinski definition) is 0. The molecule has 1 aromatic rings. The summed E-state index contributed by atoms with van der Waals surface area (Å²) < 4.78 is 38.3. The van der Waals surface area contributed by atoms with Crippen LogP contribution in [0.25, 0.3) is 0 Å². The summed E-state index contributed by atoms with van der Waals surface area (Å²) in [5, 5.41) is 8.93. The van der Waals surface area contributed by atoms with E-state index in [1.165, 1.54) is 17.0 Å². The van der Waals surface area contributed by atoms with E-state index < -0.39 is 23.7 Å². The Kier molecular flexibility index (Phi) is 4.04. The maximum atomic E-state index is 12.8. The van der Waals surface area contributed by atoms with E-state index in [0.29, 0.717) is 19.4 Å². The quantitative estimate of drug-likeness (QED) is 0.779. The zero-order valence-electron chi connectivity index (χ0n) is 10.2. The van der Waals surface area contributed by atoms with Gasteiger partial charge in [-0.1, -0.05) is 15.9 Å². The Hall–Kier alpha value is -1.55. The highest BCUT2D eigenvalue weighted by atomic mass is 79.9. The van der Waals surface area contributed by atoms with Crippen LogP contribution in [-0.2, 0) is 6.18 Å². The molecule has 0 aliphatic carbocycles. The summed E-state index contributed by atoms with van der Waals surface area (Å²) in [6.07, 6.45) is -3.29. The Morgan fingerprint density at radius 3 is 2.75 bits per heavy atom. The van der Waals surface area contributed by atoms with Crippen LogP contribution < -0.4 is 0 Å². The minimum atomic E-state index is -4.53. The number of benzene rings is 1. The second-order valence-corrected chi connectivity index (χ2v) is 5.33. The van der Waals surface area contributed by atoms with Crippen LogP contribution in [0.5, 0.6) is 0 Å². The van der Waals surface area contributed by atoms with Crippen LogP contribution in [0.3, 0.4) is 0 Å². The molecule has 0 spiro atoms. The zero-order valence-corrected chi connectivity index (χ0v) is 11.8. The molecule has 1 amide bonds. The fourth-order valence-electron chi connectivity index (χ4n) is 2.19. The van der Waals surface area contributed by atoms with Crippen molar-refractivity contribution in [2.75, 3.05) is 6.54 Å². The van der Waals surface area contributed by atoms with Crippen molar-refractivity contribution in [1.82, 2.24) is 4.90 Å². The number of likely N-dealkylation sites (tertiary alicyclic amines) is 1. The fourth-order valence-corrected chi connectivity index (χ4v) is 2.66. The average Bonchev–Trinajstić information content (AvgIpc) is 2.85. The summed E-state index contributed by atoms with van der Waals surface area (Å²) in [6, 6.07) is 4.79. The lowest BCUT2D eigenvalue weighted by Gasteiger charge is -2.20. The van der Waals surface area contributed by atoms with Crippen molar-refractivity contribution in [2.45, 2.75) is 25.1 Å². The van der Waals surface area contributed by atoms with Crippen LogP contribution in [0.1, 0.15) is 28.8 Å². The van der Waals surface area contributed by atoms with Crippen molar-refractivity contribution in [3.8, 4) is 6.07 Å². The average molecular weight is 347 g/mol. The number of rotatable bonds is 1. The van der Waals surface area contributed by atoms with E-state index in [2.05, 4.69) is 15.9 Å². The van der Waals surface area contributed by atoms with Crippen molar-refractivity contribution >= 4 is 21.8 Å². The molecule has 1 heterocycles. The standard InChI is InChI=1S/C13H10BrF3N2O/c14-11-4-3-8(6-10(11)13(15,16)17)12(20)19-5-1-2-9(19)7-18/h3-4,6,9H,1-2,5H2. The van der Waals surface area contributed by atoms with Gasteiger partial charge in [-0.2, -0.15) is 18.4 Å². The van der Waals surface area contributed by atoms with Crippen LogP contribution in [0.4, 0.5) is 13.2 Å². The van der Waals surface area contributed by atoms with E-state index in [1.54, 1.807) is 0 Å². The number of halogens is 4. The second-order valence-electron chi connectivity index (χ2n) is 4.48. The number of amides is 1. The maximum absolute atomic E-state index is 12.8. The number of carbonyl (C=O) groups is 1. The first-order valence-electron chi connectivity index (χ1n) is 5.92. The van der Waals surface area contributed by atoms with Gasteiger partial charge in [-0.05, 0) is 31.0 Å². The van der Waals surface area contributed by atoms with Crippen LogP contribution in [0.15, 0.2) is 22.7 Å². The molecule has 0 bridgehead atoms. The smallest absolute Gasteiger partial charge is 0.323 e. The first-order valence-corrected chi connectivity index (χ1v) is 6.71. The molecule has 20 heavy (non-hydrogen) atoms. The van der Waals surface area contributed by atoms with E-state index in [9.17, 15) is 18.0 Å². The lowest BCUT2D eigenvalue weighted by Crippen LogP contribution is -2.34. The molecule has 2 rings (SSSR count). The van der Waals surface area contributed by atoms with Gasteiger partial charge in [0.1, 0.15) is 6.04 Å². The van der Waals surface area contributed by atoms with Gasteiger partial charge in [0.2, 0.25) is 0 Å². The van der Waals surface area contributed by atoms with Gasteiger partial charge >= 0.3 is 6.18 Å². The number of nitrogens with zero attached hydrogens (tertiary/aromatic N) is 2. The lowest BCUT2D eigenvalue weighted by atomic mass is 10.1. The lowest BCUT2D eigenvalue weighted by molar-refractivity contribution is -0.138. The van der Waals surface area contributed by atoms with Crippen LogP contribution in [0.2, 0.25) is 0 Å². The SMILES string of the molecule is N#CC1CCCN1C(=O)c1ccc(Br)c(C(F)(F)F)c1. The van der Waals surface area contributed by atoms with E-state index in [0.717, 1.165) is 6.07 Å². The van der Waals surface area contributed by atoms with Gasteiger partial charge in [-0.15, -0.1) is 0 Å². The van der Waals surface area contributed by atoms with Crippen molar-refractivity contribution in [3.05, 3.63) is 33.8 Å². The van der Waals surface area contributed by atoms with Gasteiger partial charge in [0.05, 0.1) is 11.6 Å². The normalized spacial score (nSPS) is 18.9. The summed E-state index contributed by atoms with van der Waals surface area (Å²) in [6.45, 7) is 0.397. The highest BCUT2D eigenvalue weighted by Gasteiger charge is 2.35. The number of hydrogen-bond acceptors (Lipinski definition) is 2. The Morgan fingerprint density at radius 1 is 1.45 bits per heavy atom. The monoisotopic (exact) mass is 346 g/mol. The van der Waals surface area contributed by atoms with E-state index in [4.69, 9.17) is 5.26 Å². The molecule has 1 atom stereocenters. The molecular formula is C13H10BrF3N2O. The third kappa shape index (κ3) is 2.80. The van der Waals surface area contributed by atoms with Gasteiger partial charge in [0.15, 0.2) is 0 Å². The topological polar surface area (TPSA) is 44.1 Å². The number of alkyl halides is 3. The molecule has 0 N–H and O–H groups in total. The molecule has 7 heteroatoms. The van der Waals surface area contributed by atoms with Gasteiger partial charge in [-0.3, -0.25) is 4.79 Å². The van der Waals surface area contributed by atoms with E-state index in [1.807, 2.05) is 6.07 Å². The second kappa shape index (κ2) is 5.44. The van der Waals surface area contributed by atoms with Crippen molar-refractivity contribution < 1.29 is 18.0 Å². The molecule has 106 valence electrons. The van der Waals surface area contributed by atoms with Crippen LogP contribution >= 0.6 is 15.9 Å². The minimum absolute atomic E-state index is 0.0531. The molecule has 0 radical (unpaired) electrons. The molecule has 1 aliphatic heterocycles. The summed E-state index contributed by atoms with van der Waals surface area (Å²) >= 11 is 2.83. The van der Waals surface area contributed by atoms with Crippen molar-refractivity contribution in [2.24, 2.45) is 0 Å². The third-order valence-corrected chi connectivity index (χ3v) is 3.87. The minimum Gasteiger partial charge on any atom is -0.323 e.